The van der Waals surface area contributed by atoms with Crippen LogP contribution in [0.1, 0.15) is 63.4 Å². The van der Waals surface area contributed by atoms with E-state index in [2.05, 4.69) is 31.2 Å². The first kappa shape index (κ1) is 32.4. The largest absolute Gasteiger partial charge is 0.481 e. The summed E-state index contributed by atoms with van der Waals surface area (Å²) in [6.45, 7) is 5.24. The van der Waals surface area contributed by atoms with Gasteiger partial charge in [-0.2, -0.15) is 0 Å². The molecule has 0 spiro atoms. The van der Waals surface area contributed by atoms with E-state index in [0.717, 1.165) is 32.1 Å². The number of aliphatic carboxylic acids is 1. The third-order valence-electron chi connectivity index (χ3n) is 8.18. The minimum atomic E-state index is -1.15. The van der Waals surface area contributed by atoms with Gasteiger partial charge in [-0.05, 0) is 36.3 Å². The van der Waals surface area contributed by atoms with Gasteiger partial charge in [-0.3, -0.25) is 24.2 Å². The molecular formula is C31H41N7O6. The van der Waals surface area contributed by atoms with Crippen LogP contribution in [0.15, 0.2) is 48.9 Å². The first-order valence-corrected chi connectivity index (χ1v) is 15.0. The topological polar surface area (TPSA) is 183 Å². The molecule has 1 saturated carbocycles. The van der Waals surface area contributed by atoms with Gasteiger partial charge in [0.15, 0.2) is 0 Å². The molecule has 2 heterocycles. The number of hydrogen-bond acceptors (Lipinski definition) is 7. The molecule has 1 aromatic heterocycles. The van der Waals surface area contributed by atoms with Crippen molar-refractivity contribution in [2.24, 2.45) is 17.3 Å². The summed E-state index contributed by atoms with van der Waals surface area (Å²) in [5.41, 5.74) is -0.132. The lowest BCUT2D eigenvalue weighted by Crippen LogP contribution is -2.61. The Hall–Kier alpha value is -4.55. The molecule has 0 bridgehead atoms. The highest BCUT2D eigenvalue weighted by atomic mass is 16.4. The third kappa shape index (κ3) is 8.29. The van der Waals surface area contributed by atoms with Crippen LogP contribution in [-0.2, 0) is 14.4 Å². The second kappa shape index (κ2) is 14.3. The van der Waals surface area contributed by atoms with Crippen LogP contribution in [0.25, 0.3) is 0 Å². The molecule has 13 nitrogen and oxygen atoms in total. The molecule has 4 rings (SSSR count). The summed E-state index contributed by atoms with van der Waals surface area (Å²) in [5, 5.41) is 21.1. The van der Waals surface area contributed by atoms with E-state index in [1.807, 2.05) is 6.07 Å². The van der Waals surface area contributed by atoms with Crippen molar-refractivity contribution in [2.45, 2.75) is 71.0 Å². The van der Waals surface area contributed by atoms with E-state index >= 15 is 0 Å². The molecule has 1 aliphatic carbocycles. The van der Waals surface area contributed by atoms with Gasteiger partial charge >= 0.3 is 12.0 Å². The van der Waals surface area contributed by atoms with Gasteiger partial charge in [0.1, 0.15) is 17.8 Å². The molecule has 2 aromatic rings. The van der Waals surface area contributed by atoms with Gasteiger partial charge in [-0.1, -0.05) is 58.2 Å². The molecule has 1 saturated heterocycles. The number of benzene rings is 1. The van der Waals surface area contributed by atoms with Crippen molar-refractivity contribution in [1.29, 1.82) is 0 Å². The third-order valence-corrected chi connectivity index (χ3v) is 8.18. The number of carbonyl (C=O) groups excluding carboxylic acids is 4. The maximum atomic E-state index is 13.8. The van der Waals surface area contributed by atoms with Crippen molar-refractivity contribution in [3.05, 3.63) is 54.6 Å². The van der Waals surface area contributed by atoms with E-state index < -0.39 is 59.2 Å². The van der Waals surface area contributed by atoms with Crippen molar-refractivity contribution >= 4 is 35.4 Å². The molecule has 13 heteroatoms. The Morgan fingerprint density at radius 3 is 2.25 bits per heavy atom. The van der Waals surface area contributed by atoms with Crippen LogP contribution in [0.2, 0.25) is 0 Å². The summed E-state index contributed by atoms with van der Waals surface area (Å²) >= 11 is 0. The van der Waals surface area contributed by atoms with Crippen molar-refractivity contribution in [3.8, 4) is 0 Å². The molecule has 1 aromatic carbocycles. The van der Waals surface area contributed by atoms with Gasteiger partial charge in [0.25, 0.3) is 5.91 Å². The summed E-state index contributed by atoms with van der Waals surface area (Å²) < 4.78 is 0. The molecule has 5 N–H and O–H groups in total. The van der Waals surface area contributed by atoms with Crippen LogP contribution >= 0.6 is 0 Å². The maximum Gasteiger partial charge on any atom is 0.321 e. The Kier molecular flexibility index (Phi) is 10.5. The number of urea groups is 1. The molecule has 0 unspecified atom stereocenters. The van der Waals surface area contributed by atoms with Crippen LogP contribution in [0.3, 0.4) is 0 Å². The lowest BCUT2D eigenvalue weighted by molar-refractivity contribution is -0.142. The molecule has 1 aliphatic heterocycles. The lowest BCUT2D eigenvalue weighted by atomic mass is 9.82. The van der Waals surface area contributed by atoms with Gasteiger partial charge in [0.05, 0.1) is 18.2 Å². The van der Waals surface area contributed by atoms with E-state index in [0.29, 0.717) is 5.69 Å². The molecule has 236 valence electrons. The van der Waals surface area contributed by atoms with Crippen molar-refractivity contribution < 1.29 is 29.1 Å². The van der Waals surface area contributed by atoms with E-state index in [-0.39, 0.29) is 24.7 Å². The highest BCUT2D eigenvalue weighted by Crippen LogP contribution is 2.28. The molecule has 5 amide bonds. The number of carboxylic acids is 1. The molecule has 44 heavy (non-hydrogen) atoms. The number of hydrogen-bond donors (Lipinski definition) is 5. The average molecular weight is 608 g/mol. The smallest absolute Gasteiger partial charge is 0.321 e. The molecule has 2 aliphatic rings. The van der Waals surface area contributed by atoms with Gasteiger partial charge in [-0.15, -0.1) is 0 Å². The Morgan fingerprint density at radius 2 is 1.64 bits per heavy atom. The van der Waals surface area contributed by atoms with Gasteiger partial charge < -0.3 is 31.3 Å². The van der Waals surface area contributed by atoms with Crippen molar-refractivity contribution in [2.75, 3.05) is 18.4 Å². The molecule has 0 radical (unpaired) electrons. The minimum absolute atomic E-state index is 0.0228. The maximum absolute atomic E-state index is 13.8. The van der Waals surface area contributed by atoms with Crippen LogP contribution in [0, 0.1) is 17.3 Å². The van der Waals surface area contributed by atoms with Crippen LogP contribution in [-0.4, -0.2) is 80.9 Å². The van der Waals surface area contributed by atoms with Crippen LogP contribution in [0.5, 0.6) is 0 Å². The second-order valence-electron chi connectivity index (χ2n) is 12.5. The van der Waals surface area contributed by atoms with Gasteiger partial charge in [0, 0.05) is 31.2 Å². The number of amides is 5. The van der Waals surface area contributed by atoms with Crippen molar-refractivity contribution in [1.82, 2.24) is 30.8 Å². The highest BCUT2D eigenvalue weighted by molar-refractivity contribution is 5.97. The predicted octanol–water partition coefficient (Wildman–Crippen LogP) is 2.42. The zero-order valence-electron chi connectivity index (χ0n) is 25.3. The standard InChI is InChI=1S/C31H41N7O6/c1-31(2,3)25(37-27(40)24(19-10-6-4-7-11-19)36-26(39)22-16-32-14-15-33-22)28(41)35-23-18-38(17-21(23)29(42)43)30(44)34-20-12-8-5-9-13-20/h5,8-9,12-16,19,21,23-25H,4,6-7,10-11,17-18H2,1-3H3,(H,34,44)(H,35,41)(H,36,39)(H,37,40)(H,42,43)/t21-,23+,24+,25-/m1/s1. The summed E-state index contributed by atoms with van der Waals surface area (Å²) in [6.07, 6.45) is 8.54. The fraction of sp³-hybridized carbons (Fsp3) is 0.516. The zero-order valence-corrected chi connectivity index (χ0v) is 25.3. The number of para-hydroxylation sites is 1. The Labute approximate surface area is 256 Å². The number of carboxylic acid groups (broad SMARTS) is 1. The fourth-order valence-corrected chi connectivity index (χ4v) is 5.76. The lowest BCUT2D eigenvalue weighted by Gasteiger charge is -2.35. The number of nitrogens with zero attached hydrogens (tertiary/aromatic N) is 3. The van der Waals surface area contributed by atoms with Crippen molar-refractivity contribution in [3.63, 3.8) is 0 Å². The van der Waals surface area contributed by atoms with Gasteiger partial charge in [0.2, 0.25) is 11.8 Å². The normalized spacial score (nSPS) is 20.2. The quantitative estimate of drug-likeness (QED) is 0.288. The Bertz CT molecular complexity index is 1330. The first-order valence-electron chi connectivity index (χ1n) is 15.0. The minimum Gasteiger partial charge on any atom is -0.481 e. The van der Waals surface area contributed by atoms with Crippen LogP contribution < -0.4 is 21.3 Å². The number of nitrogens with one attached hydrogen (secondary N) is 4. The average Bonchev–Trinajstić information content (AvgIpc) is 3.43. The molecule has 2 fully saturated rings. The van der Waals surface area contributed by atoms with E-state index in [9.17, 15) is 29.1 Å². The Morgan fingerprint density at radius 1 is 0.932 bits per heavy atom. The van der Waals surface area contributed by atoms with E-state index in [1.54, 1.807) is 45.0 Å². The Balaban J connectivity index is 1.48. The van der Waals surface area contributed by atoms with E-state index in [4.69, 9.17) is 0 Å². The number of likely N-dealkylation sites (tertiary alicyclic amines) is 1. The number of anilines is 1. The number of aromatic nitrogens is 2. The second-order valence-corrected chi connectivity index (χ2v) is 12.5. The predicted molar refractivity (Wildman–Crippen MR) is 161 cm³/mol. The SMILES string of the molecule is CC(C)(C)[C@H](NC(=O)[C@@H](NC(=O)c1cnccn1)C1CCCCC1)C(=O)N[C@H]1CN(C(=O)Nc2ccccc2)C[C@H]1C(=O)O. The highest BCUT2D eigenvalue weighted by Gasteiger charge is 2.44. The summed E-state index contributed by atoms with van der Waals surface area (Å²) in [5.74, 6) is -3.94. The molecular weight excluding hydrogens is 566 g/mol. The number of carbonyl (C=O) groups is 5. The van der Waals surface area contributed by atoms with E-state index in [1.165, 1.54) is 23.5 Å². The zero-order chi connectivity index (χ0) is 31.9. The van der Waals surface area contributed by atoms with Gasteiger partial charge in [-0.25, -0.2) is 9.78 Å². The van der Waals surface area contributed by atoms with Crippen LogP contribution in [0.4, 0.5) is 10.5 Å². The summed E-state index contributed by atoms with van der Waals surface area (Å²) in [7, 11) is 0. The summed E-state index contributed by atoms with van der Waals surface area (Å²) in [4.78, 5) is 74.8. The monoisotopic (exact) mass is 607 g/mol. The fourth-order valence-electron chi connectivity index (χ4n) is 5.76. The molecule has 4 atom stereocenters. The summed E-state index contributed by atoms with van der Waals surface area (Å²) in [6, 6.07) is 5.46. The first-order chi connectivity index (χ1) is 20.9. The number of rotatable bonds is 9.